The molecule has 0 saturated carbocycles. The lowest BCUT2D eigenvalue weighted by Gasteiger charge is -2.05. The number of ether oxygens (including phenoxy) is 1. The first-order valence-corrected chi connectivity index (χ1v) is 5.54. The minimum absolute atomic E-state index is 0.0613. The molecule has 1 aromatic carbocycles. The third-order valence-electron chi connectivity index (χ3n) is 2.03. The zero-order valence-electron chi connectivity index (χ0n) is 8.58. The van der Waals surface area contributed by atoms with Crippen LogP contribution in [0, 0.1) is 10.1 Å². The number of nitro benzene ring substituents is 1. The molecule has 16 heavy (non-hydrogen) atoms. The van der Waals surface area contributed by atoms with E-state index < -0.39 is 16.0 Å². The van der Waals surface area contributed by atoms with Crippen molar-refractivity contribution >= 4 is 16.8 Å². The minimum atomic E-state index is -2.23. The van der Waals surface area contributed by atoms with Crippen LogP contribution in [-0.2, 0) is 22.2 Å². The fourth-order valence-electron chi connectivity index (χ4n) is 1.24. The molecule has 88 valence electrons. The molecule has 0 bridgehead atoms. The molecule has 1 rings (SSSR count). The highest BCUT2D eigenvalue weighted by molar-refractivity contribution is 7.79. The Kier molecular flexibility index (Phi) is 4.53. The highest BCUT2D eigenvalue weighted by Crippen LogP contribution is 2.20. The zero-order valence-corrected chi connectivity index (χ0v) is 9.40. The van der Waals surface area contributed by atoms with Gasteiger partial charge in [0, 0.05) is 19.2 Å². The van der Waals surface area contributed by atoms with Crippen molar-refractivity contribution in [3.05, 3.63) is 33.9 Å². The van der Waals surface area contributed by atoms with Crippen molar-refractivity contribution in [2.45, 2.75) is 11.3 Å². The van der Waals surface area contributed by atoms with Crippen LogP contribution in [0.2, 0.25) is 0 Å². The first kappa shape index (κ1) is 12.8. The number of nitrogens with zero attached hydrogens (tertiary/aromatic N) is 1. The predicted octanol–water partition coefficient (Wildman–Crippen LogP) is 1.36. The summed E-state index contributed by atoms with van der Waals surface area (Å²) in [5, 5.41) is 10.5. The normalized spacial score (nSPS) is 12.4. The van der Waals surface area contributed by atoms with Crippen molar-refractivity contribution < 1.29 is 18.4 Å². The van der Waals surface area contributed by atoms with Crippen LogP contribution in [-0.4, -0.2) is 27.4 Å². The van der Waals surface area contributed by atoms with Gasteiger partial charge in [0.05, 0.1) is 16.4 Å². The molecule has 1 aromatic rings. The molecule has 0 aromatic heterocycles. The van der Waals surface area contributed by atoms with E-state index in [-0.39, 0.29) is 10.6 Å². The Balaban J connectivity index is 3.09. The van der Waals surface area contributed by atoms with E-state index in [1.807, 2.05) is 0 Å². The summed E-state index contributed by atoms with van der Waals surface area (Å²) in [6.07, 6.45) is 0.441. The van der Waals surface area contributed by atoms with Gasteiger partial charge >= 0.3 is 0 Å². The summed E-state index contributed by atoms with van der Waals surface area (Å²) in [7, 11) is 1.51. The van der Waals surface area contributed by atoms with Crippen molar-refractivity contribution in [2.75, 3.05) is 13.7 Å². The summed E-state index contributed by atoms with van der Waals surface area (Å²) in [5.41, 5.74) is 0.381. The van der Waals surface area contributed by atoms with Gasteiger partial charge < -0.3 is 9.29 Å². The van der Waals surface area contributed by atoms with Crippen molar-refractivity contribution in [3.63, 3.8) is 0 Å². The summed E-state index contributed by atoms with van der Waals surface area (Å²) in [4.78, 5) is 9.96. The van der Waals surface area contributed by atoms with Gasteiger partial charge in [-0.05, 0) is 12.0 Å². The van der Waals surface area contributed by atoms with Crippen molar-refractivity contribution in [1.29, 1.82) is 0 Å². The molecule has 6 nitrogen and oxygen atoms in total. The topological polar surface area (TPSA) is 89.7 Å². The van der Waals surface area contributed by atoms with Crippen LogP contribution in [0.25, 0.3) is 0 Å². The zero-order chi connectivity index (χ0) is 12.1. The van der Waals surface area contributed by atoms with Crippen LogP contribution in [0.3, 0.4) is 0 Å². The first-order chi connectivity index (χ1) is 7.56. The minimum Gasteiger partial charge on any atom is -0.384 e. The van der Waals surface area contributed by atoms with E-state index in [1.165, 1.54) is 19.2 Å². The lowest BCUT2D eigenvalue weighted by Crippen LogP contribution is -2.02. The van der Waals surface area contributed by atoms with E-state index in [2.05, 4.69) is 0 Å². The molecule has 1 unspecified atom stereocenters. The quantitative estimate of drug-likeness (QED) is 0.480. The van der Waals surface area contributed by atoms with Crippen LogP contribution in [0.15, 0.2) is 23.1 Å². The van der Waals surface area contributed by atoms with E-state index >= 15 is 0 Å². The van der Waals surface area contributed by atoms with Crippen LogP contribution in [0.1, 0.15) is 5.56 Å². The molecule has 0 radical (unpaired) electrons. The lowest BCUT2D eigenvalue weighted by atomic mass is 10.1. The Morgan fingerprint density at radius 1 is 1.56 bits per heavy atom. The largest absolute Gasteiger partial charge is 0.384 e. The Hall–Kier alpha value is -1.31. The van der Waals surface area contributed by atoms with Gasteiger partial charge in [0.2, 0.25) is 0 Å². The summed E-state index contributed by atoms with van der Waals surface area (Å²) in [6.45, 7) is 0.391. The molecule has 0 aliphatic heterocycles. The number of hydrogen-bond acceptors (Lipinski definition) is 4. The number of hydrogen-bond donors (Lipinski definition) is 1. The number of benzene rings is 1. The molecule has 1 N–H and O–H groups in total. The molecule has 0 saturated heterocycles. The third kappa shape index (κ3) is 3.09. The fourth-order valence-corrected chi connectivity index (χ4v) is 1.85. The van der Waals surface area contributed by atoms with E-state index in [0.717, 1.165) is 6.07 Å². The van der Waals surface area contributed by atoms with E-state index in [0.29, 0.717) is 18.6 Å². The fraction of sp³-hybridized carbons (Fsp3) is 0.333. The van der Waals surface area contributed by atoms with Gasteiger partial charge in [-0.1, -0.05) is 6.07 Å². The second-order valence-electron chi connectivity index (χ2n) is 3.04. The molecular formula is C9H11NO5S. The molecule has 0 aliphatic carbocycles. The van der Waals surface area contributed by atoms with Crippen molar-refractivity contribution in [2.24, 2.45) is 0 Å². The molecule has 7 heteroatoms. The molecule has 0 heterocycles. The van der Waals surface area contributed by atoms with Gasteiger partial charge in [0.15, 0.2) is 11.1 Å². The van der Waals surface area contributed by atoms with Gasteiger partial charge in [-0.15, -0.1) is 0 Å². The second kappa shape index (κ2) is 5.69. The third-order valence-corrected chi connectivity index (χ3v) is 2.78. The van der Waals surface area contributed by atoms with E-state index in [9.17, 15) is 14.3 Å². The maximum Gasteiger partial charge on any atom is 0.270 e. The van der Waals surface area contributed by atoms with Gasteiger partial charge in [-0.3, -0.25) is 10.1 Å². The second-order valence-corrected chi connectivity index (χ2v) is 3.98. The lowest BCUT2D eigenvalue weighted by molar-refractivity contribution is -0.385. The Labute approximate surface area is 94.7 Å². The van der Waals surface area contributed by atoms with Gasteiger partial charge in [-0.2, -0.15) is 0 Å². The molecule has 0 fully saturated rings. The van der Waals surface area contributed by atoms with Crippen molar-refractivity contribution in [3.8, 4) is 0 Å². The summed E-state index contributed by atoms with van der Waals surface area (Å²) in [6, 6.07) is 3.89. The average Bonchev–Trinajstić information content (AvgIpc) is 2.25. The summed E-state index contributed by atoms with van der Waals surface area (Å²) < 4.78 is 24.9. The van der Waals surface area contributed by atoms with E-state index in [1.54, 1.807) is 0 Å². The van der Waals surface area contributed by atoms with Crippen LogP contribution in [0.5, 0.6) is 0 Å². The SMILES string of the molecule is COCCc1ccc([N+](=O)[O-])cc1S(=O)O. The monoisotopic (exact) mass is 245 g/mol. The van der Waals surface area contributed by atoms with Gasteiger partial charge in [-0.25, -0.2) is 4.21 Å². The molecule has 0 aliphatic rings. The Morgan fingerprint density at radius 2 is 2.25 bits per heavy atom. The smallest absolute Gasteiger partial charge is 0.270 e. The number of rotatable bonds is 5. The van der Waals surface area contributed by atoms with Gasteiger partial charge in [0.25, 0.3) is 5.69 Å². The molecule has 0 spiro atoms. The average molecular weight is 245 g/mol. The van der Waals surface area contributed by atoms with Gasteiger partial charge in [0.1, 0.15) is 0 Å². The first-order valence-electron chi connectivity index (χ1n) is 4.43. The van der Waals surface area contributed by atoms with Crippen molar-refractivity contribution in [1.82, 2.24) is 0 Å². The van der Waals surface area contributed by atoms with Crippen LogP contribution < -0.4 is 0 Å². The Morgan fingerprint density at radius 3 is 2.75 bits per heavy atom. The highest BCUT2D eigenvalue weighted by Gasteiger charge is 2.14. The Bertz CT molecular complexity index is 420. The molecule has 1 atom stereocenters. The van der Waals surface area contributed by atoms with Crippen LogP contribution in [0.4, 0.5) is 5.69 Å². The predicted molar refractivity (Wildman–Crippen MR) is 57.7 cm³/mol. The maximum absolute atomic E-state index is 11.0. The van der Waals surface area contributed by atoms with Crippen LogP contribution >= 0.6 is 0 Å². The summed E-state index contributed by atoms with van der Waals surface area (Å²) >= 11 is -2.23. The molecule has 0 amide bonds. The molecular weight excluding hydrogens is 234 g/mol. The summed E-state index contributed by atoms with van der Waals surface area (Å²) in [5.74, 6) is 0. The maximum atomic E-state index is 11.0. The standard InChI is InChI=1S/C9H11NO5S/c1-15-5-4-7-2-3-8(10(11)12)6-9(7)16(13)14/h2-3,6H,4-5H2,1H3,(H,13,14). The number of nitro groups is 1. The van der Waals surface area contributed by atoms with E-state index in [4.69, 9.17) is 9.29 Å². The number of non-ortho nitro benzene ring substituents is 1. The highest BCUT2D eigenvalue weighted by atomic mass is 32.2. The number of methoxy groups -OCH3 is 1.